The summed E-state index contributed by atoms with van der Waals surface area (Å²) in [6, 6.07) is 12.1. The molecule has 1 aliphatic carbocycles. The second-order valence-electron chi connectivity index (χ2n) is 7.32. The Balaban J connectivity index is 1.89. The van der Waals surface area contributed by atoms with E-state index in [4.69, 9.17) is 11.6 Å². The van der Waals surface area contributed by atoms with Crippen molar-refractivity contribution >= 4 is 33.2 Å². The van der Waals surface area contributed by atoms with E-state index in [0.29, 0.717) is 10.7 Å². The van der Waals surface area contributed by atoms with Crippen LogP contribution >= 0.6 is 11.6 Å². The van der Waals surface area contributed by atoms with Gasteiger partial charge in [-0.15, -0.1) is 0 Å². The van der Waals surface area contributed by atoms with Crippen molar-refractivity contribution in [2.75, 3.05) is 10.6 Å². The van der Waals surface area contributed by atoms with Gasteiger partial charge in [-0.1, -0.05) is 41.9 Å². The molecule has 150 valence electrons. The number of fused-ring (bicyclic) bond motifs is 1. The van der Waals surface area contributed by atoms with Crippen molar-refractivity contribution in [1.29, 1.82) is 0 Å². The summed E-state index contributed by atoms with van der Waals surface area (Å²) in [5, 5.41) is 3.47. The maximum absolute atomic E-state index is 13.0. The molecule has 0 unspecified atom stereocenters. The Morgan fingerprint density at radius 2 is 1.96 bits per heavy atom. The van der Waals surface area contributed by atoms with Crippen molar-refractivity contribution in [3.63, 3.8) is 0 Å². The number of anilines is 1. The average molecular weight is 421 g/mol. The number of carbonyl (C=O) groups is 1. The monoisotopic (exact) mass is 420 g/mol. The second-order valence-corrected chi connectivity index (χ2v) is 9.61. The first-order valence-electron chi connectivity index (χ1n) is 9.32. The van der Waals surface area contributed by atoms with Gasteiger partial charge >= 0.3 is 0 Å². The van der Waals surface area contributed by atoms with E-state index in [1.54, 1.807) is 32.0 Å². The number of rotatable bonds is 5. The first kappa shape index (κ1) is 20.7. The van der Waals surface area contributed by atoms with Gasteiger partial charge in [0, 0.05) is 5.02 Å². The molecule has 0 heterocycles. The highest BCUT2D eigenvalue weighted by Gasteiger charge is 2.32. The van der Waals surface area contributed by atoms with Crippen LogP contribution in [0.3, 0.4) is 0 Å². The molecule has 7 heteroatoms. The van der Waals surface area contributed by atoms with Crippen LogP contribution in [0.25, 0.3) is 0 Å². The smallest absolute Gasteiger partial charge is 0.244 e. The molecular formula is C21H25ClN2O3S. The van der Waals surface area contributed by atoms with Crippen molar-refractivity contribution in [2.24, 2.45) is 0 Å². The van der Waals surface area contributed by atoms with Crippen LogP contribution in [0, 0.1) is 6.92 Å². The van der Waals surface area contributed by atoms with E-state index in [2.05, 4.69) is 11.4 Å². The van der Waals surface area contributed by atoms with Crippen LogP contribution in [0.1, 0.15) is 42.5 Å². The topological polar surface area (TPSA) is 66.5 Å². The minimum atomic E-state index is -3.69. The van der Waals surface area contributed by atoms with E-state index < -0.39 is 16.1 Å². The second kappa shape index (κ2) is 8.13. The van der Waals surface area contributed by atoms with E-state index in [1.165, 1.54) is 5.56 Å². The molecule has 5 nitrogen and oxygen atoms in total. The third-order valence-corrected chi connectivity index (χ3v) is 6.65. The predicted octanol–water partition coefficient (Wildman–Crippen LogP) is 4.00. The van der Waals surface area contributed by atoms with Crippen LogP contribution < -0.4 is 9.62 Å². The summed E-state index contributed by atoms with van der Waals surface area (Å²) in [4.78, 5) is 13.0. The Bertz CT molecular complexity index is 991. The molecule has 0 bridgehead atoms. The van der Waals surface area contributed by atoms with E-state index in [9.17, 15) is 13.2 Å². The van der Waals surface area contributed by atoms with Crippen LogP contribution in [0.15, 0.2) is 42.5 Å². The summed E-state index contributed by atoms with van der Waals surface area (Å²) in [7, 11) is -3.69. The van der Waals surface area contributed by atoms with Crippen molar-refractivity contribution in [3.05, 3.63) is 64.2 Å². The van der Waals surface area contributed by atoms with E-state index >= 15 is 0 Å². The van der Waals surface area contributed by atoms with Gasteiger partial charge in [-0.25, -0.2) is 8.42 Å². The lowest BCUT2D eigenvalue weighted by Gasteiger charge is -2.32. The zero-order valence-corrected chi connectivity index (χ0v) is 17.8. The van der Waals surface area contributed by atoms with Gasteiger partial charge in [0.25, 0.3) is 0 Å². The number of nitrogens with one attached hydrogen (secondary N) is 1. The number of hydrogen-bond donors (Lipinski definition) is 1. The Morgan fingerprint density at radius 3 is 2.68 bits per heavy atom. The van der Waals surface area contributed by atoms with Crippen molar-refractivity contribution < 1.29 is 13.2 Å². The fourth-order valence-electron chi connectivity index (χ4n) is 3.80. The molecule has 2 atom stereocenters. The summed E-state index contributed by atoms with van der Waals surface area (Å²) in [5.74, 6) is -0.327. The summed E-state index contributed by atoms with van der Waals surface area (Å²) in [6.45, 7) is 3.40. The molecule has 3 rings (SSSR count). The van der Waals surface area contributed by atoms with Gasteiger partial charge in [0.1, 0.15) is 6.04 Å². The summed E-state index contributed by atoms with van der Waals surface area (Å²) < 4.78 is 26.2. The van der Waals surface area contributed by atoms with Crippen LogP contribution in [-0.4, -0.2) is 26.6 Å². The number of hydrogen-bond acceptors (Lipinski definition) is 3. The first-order valence-corrected chi connectivity index (χ1v) is 11.5. The Morgan fingerprint density at radius 1 is 1.25 bits per heavy atom. The molecule has 2 aromatic rings. The third-order valence-electron chi connectivity index (χ3n) is 5.18. The van der Waals surface area contributed by atoms with Gasteiger partial charge in [-0.05, 0) is 61.9 Å². The molecule has 0 aliphatic heterocycles. The molecular weight excluding hydrogens is 396 g/mol. The largest absolute Gasteiger partial charge is 0.347 e. The summed E-state index contributed by atoms with van der Waals surface area (Å²) in [6.07, 6.45) is 3.92. The molecule has 0 fully saturated rings. The lowest BCUT2D eigenvalue weighted by molar-refractivity contribution is -0.122. The first-order chi connectivity index (χ1) is 13.2. The number of benzene rings is 2. The summed E-state index contributed by atoms with van der Waals surface area (Å²) in [5.41, 5.74) is 3.50. The third kappa shape index (κ3) is 4.33. The SMILES string of the molecule is Cc1ccc(Cl)cc1N([C@@H](C)C(=O)N[C@@H]1CCCc2ccccc21)S(C)(=O)=O. The minimum absolute atomic E-state index is 0.109. The van der Waals surface area contributed by atoms with E-state index in [-0.39, 0.29) is 11.9 Å². The lowest BCUT2D eigenvalue weighted by atomic mass is 9.87. The van der Waals surface area contributed by atoms with Crippen molar-refractivity contribution in [1.82, 2.24) is 5.32 Å². The van der Waals surface area contributed by atoms with Gasteiger partial charge in [0.05, 0.1) is 18.0 Å². The Kier molecular flexibility index (Phi) is 6.01. The number of aryl methyl sites for hydroxylation is 2. The molecule has 0 saturated heterocycles. The highest BCUT2D eigenvalue weighted by molar-refractivity contribution is 7.92. The number of carbonyl (C=O) groups excluding carboxylic acids is 1. The normalized spacial score (nSPS) is 17.5. The number of amides is 1. The molecule has 0 aromatic heterocycles. The maximum Gasteiger partial charge on any atom is 0.244 e. The molecule has 1 aliphatic rings. The predicted molar refractivity (Wildman–Crippen MR) is 113 cm³/mol. The zero-order valence-electron chi connectivity index (χ0n) is 16.3. The fraction of sp³-hybridized carbons (Fsp3) is 0.381. The minimum Gasteiger partial charge on any atom is -0.347 e. The standard InChI is InChI=1S/C21H25ClN2O3S/c1-14-11-12-17(22)13-20(14)24(28(3,26)27)15(2)21(25)23-19-10-6-8-16-7-4-5-9-18(16)19/h4-5,7,9,11-13,15,19H,6,8,10H2,1-3H3,(H,23,25)/t15-,19+/m0/s1. The zero-order chi connectivity index (χ0) is 20.5. The van der Waals surface area contributed by atoms with Gasteiger partial charge in [-0.3, -0.25) is 9.10 Å². The van der Waals surface area contributed by atoms with Crippen LogP contribution in [-0.2, 0) is 21.2 Å². The van der Waals surface area contributed by atoms with Gasteiger partial charge < -0.3 is 5.32 Å². The van der Waals surface area contributed by atoms with E-state index in [1.807, 2.05) is 18.2 Å². The van der Waals surface area contributed by atoms with Gasteiger partial charge in [0.2, 0.25) is 15.9 Å². The number of halogens is 1. The lowest BCUT2D eigenvalue weighted by Crippen LogP contribution is -2.49. The highest BCUT2D eigenvalue weighted by Crippen LogP contribution is 2.31. The fourth-order valence-corrected chi connectivity index (χ4v) is 5.19. The highest BCUT2D eigenvalue weighted by atomic mass is 35.5. The quantitative estimate of drug-likeness (QED) is 0.795. The van der Waals surface area contributed by atoms with Crippen LogP contribution in [0.2, 0.25) is 5.02 Å². The van der Waals surface area contributed by atoms with E-state index in [0.717, 1.165) is 41.0 Å². The molecule has 2 aromatic carbocycles. The molecule has 0 saturated carbocycles. The average Bonchev–Trinajstić information content (AvgIpc) is 2.64. The maximum atomic E-state index is 13.0. The molecule has 0 radical (unpaired) electrons. The molecule has 1 amide bonds. The molecule has 28 heavy (non-hydrogen) atoms. The molecule has 1 N–H and O–H groups in total. The Hall–Kier alpha value is -2.05. The van der Waals surface area contributed by atoms with Crippen molar-refractivity contribution in [2.45, 2.75) is 45.2 Å². The van der Waals surface area contributed by atoms with Gasteiger partial charge in [0.15, 0.2) is 0 Å². The van der Waals surface area contributed by atoms with Crippen LogP contribution in [0.4, 0.5) is 5.69 Å². The van der Waals surface area contributed by atoms with Crippen molar-refractivity contribution in [3.8, 4) is 0 Å². The summed E-state index contributed by atoms with van der Waals surface area (Å²) >= 11 is 6.09. The number of nitrogens with zero attached hydrogens (tertiary/aromatic N) is 1. The Labute approximate surface area is 171 Å². The number of sulfonamides is 1. The molecule has 0 spiro atoms. The van der Waals surface area contributed by atoms with Crippen LogP contribution in [0.5, 0.6) is 0 Å². The van der Waals surface area contributed by atoms with Gasteiger partial charge in [-0.2, -0.15) is 0 Å².